The predicted molar refractivity (Wildman–Crippen MR) is 36.6 cm³/mol. The van der Waals surface area contributed by atoms with Crippen LogP contribution in [0.2, 0.25) is 9.49 Å². The molecule has 0 spiro atoms. The van der Waals surface area contributed by atoms with Crippen molar-refractivity contribution in [2.75, 3.05) is 0 Å². The van der Waals surface area contributed by atoms with Crippen molar-refractivity contribution in [3.05, 3.63) is 21.4 Å². The second-order valence-electron chi connectivity index (χ2n) is 1.17. The molecule has 0 fully saturated rings. The molecule has 43 valence electrons. The lowest BCUT2D eigenvalue weighted by molar-refractivity contribution is 1.37. The molecule has 8 heavy (non-hydrogen) atoms. The second-order valence-corrected chi connectivity index (χ2v) is 3.22. The molecule has 0 amide bonds. The lowest BCUT2D eigenvalue weighted by atomic mass is 10.8. The Hall–Kier alpha value is 0.210. The smallest absolute Gasteiger partial charge is 0.159 e. The van der Waals surface area contributed by atoms with Gasteiger partial charge < -0.3 is 0 Å². The Morgan fingerprint density at radius 2 is 2.12 bits per heavy atom. The molecule has 1 nitrogen and oxygen atoms in total. The van der Waals surface area contributed by atoms with Gasteiger partial charge in [0.1, 0.15) is 4.34 Å². The van der Waals surface area contributed by atoms with Crippen LogP contribution in [0.3, 0.4) is 0 Å². The van der Waals surface area contributed by atoms with Crippen molar-refractivity contribution in [1.29, 1.82) is 0 Å². The highest BCUT2D eigenvalue weighted by molar-refractivity contribution is 7.16. The maximum absolute atomic E-state index is 5.51. The van der Waals surface area contributed by atoms with E-state index in [1.165, 1.54) is 11.3 Å². The molecule has 1 aromatic rings. The first-order chi connectivity index (χ1) is 3.70. The number of nitrogens with zero attached hydrogens (tertiary/aromatic N) is 1. The third-order valence-corrected chi connectivity index (χ3v) is 2.18. The Balaban J connectivity index is 3.14. The van der Waals surface area contributed by atoms with E-state index in [4.69, 9.17) is 23.2 Å². The molecular formula is C4H2Cl2NS. The van der Waals surface area contributed by atoms with Crippen LogP contribution in [-0.2, 0) is 0 Å². The molecule has 0 aliphatic carbocycles. The largest absolute Gasteiger partial charge is 0.228 e. The average molecular weight is 167 g/mol. The first-order valence-corrected chi connectivity index (χ1v) is 3.41. The number of rotatable bonds is 0. The Bertz CT molecular complexity index is 176. The Labute approximate surface area is 61.3 Å². The van der Waals surface area contributed by atoms with Crippen LogP contribution in [0.15, 0.2) is 0 Å². The van der Waals surface area contributed by atoms with E-state index in [1.54, 1.807) is 0 Å². The molecule has 0 aliphatic rings. The molecule has 1 aromatic heterocycles. The highest BCUT2D eigenvalue weighted by atomic mass is 35.5. The van der Waals surface area contributed by atoms with Gasteiger partial charge in [0.25, 0.3) is 0 Å². The molecule has 0 N–H and O–H groups in total. The van der Waals surface area contributed by atoms with Gasteiger partial charge in [-0.15, -0.1) is 11.3 Å². The number of halogens is 2. The summed E-state index contributed by atoms with van der Waals surface area (Å²) in [4.78, 5) is 3.75. The maximum atomic E-state index is 5.51. The summed E-state index contributed by atoms with van der Waals surface area (Å²) in [5.74, 6) is 0. The van der Waals surface area contributed by atoms with Crippen LogP contribution in [0.1, 0.15) is 5.01 Å². The van der Waals surface area contributed by atoms with Gasteiger partial charge in [-0.3, -0.25) is 0 Å². The van der Waals surface area contributed by atoms with E-state index in [1.807, 2.05) is 0 Å². The van der Waals surface area contributed by atoms with Crippen molar-refractivity contribution >= 4 is 34.5 Å². The zero-order valence-corrected chi connectivity index (χ0v) is 6.15. The zero-order valence-electron chi connectivity index (χ0n) is 3.82. The van der Waals surface area contributed by atoms with Gasteiger partial charge in [0.15, 0.2) is 5.15 Å². The SMILES string of the molecule is [CH2]c1nc(Cl)c(Cl)s1. The van der Waals surface area contributed by atoms with E-state index in [9.17, 15) is 0 Å². The van der Waals surface area contributed by atoms with Gasteiger partial charge in [0, 0.05) is 6.92 Å². The van der Waals surface area contributed by atoms with Gasteiger partial charge in [-0.25, -0.2) is 4.98 Å². The van der Waals surface area contributed by atoms with Gasteiger partial charge >= 0.3 is 0 Å². The van der Waals surface area contributed by atoms with Crippen LogP contribution in [0, 0.1) is 6.92 Å². The van der Waals surface area contributed by atoms with Crippen molar-refractivity contribution in [2.45, 2.75) is 0 Å². The number of thiazole rings is 1. The predicted octanol–water partition coefficient (Wildman–Crippen LogP) is 2.63. The first-order valence-electron chi connectivity index (χ1n) is 1.84. The quantitative estimate of drug-likeness (QED) is 0.578. The van der Waals surface area contributed by atoms with Crippen molar-refractivity contribution in [3.8, 4) is 0 Å². The highest BCUT2D eigenvalue weighted by Crippen LogP contribution is 2.26. The number of aromatic nitrogens is 1. The third-order valence-electron chi connectivity index (χ3n) is 0.592. The van der Waals surface area contributed by atoms with Crippen molar-refractivity contribution < 1.29 is 0 Å². The Morgan fingerprint density at radius 3 is 2.25 bits per heavy atom. The number of hydrogen-bond donors (Lipinski definition) is 0. The molecule has 1 heterocycles. The number of hydrogen-bond acceptors (Lipinski definition) is 2. The molecule has 1 radical (unpaired) electrons. The van der Waals surface area contributed by atoms with Crippen molar-refractivity contribution in [2.24, 2.45) is 0 Å². The summed E-state index contributed by atoms with van der Waals surface area (Å²) in [6.45, 7) is 3.54. The maximum Gasteiger partial charge on any atom is 0.159 e. The molecule has 1 rings (SSSR count). The molecule has 0 saturated heterocycles. The van der Waals surface area contributed by atoms with Gasteiger partial charge in [-0.1, -0.05) is 23.2 Å². The zero-order chi connectivity index (χ0) is 6.15. The molecule has 0 aliphatic heterocycles. The van der Waals surface area contributed by atoms with Crippen LogP contribution in [-0.4, -0.2) is 4.98 Å². The van der Waals surface area contributed by atoms with E-state index in [0.717, 1.165) is 0 Å². The van der Waals surface area contributed by atoms with Crippen LogP contribution in [0.5, 0.6) is 0 Å². The topological polar surface area (TPSA) is 12.9 Å². The summed E-state index contributed by atoms with van der Waals surface area (Å²) in [7, 11) is 0. The summed E-state index contributed by atoms with van der Waals surface area (Å²) in [6.07, 6.45) is 0. The lowest BCUT2D eigenvalue weighted by Gasteiger charge is -1.71. The standard InChI is InChI=1S/C4H2Cl2NS/c1-2-7-3(5)4(6)8-2/h1H2. The van der Waals surface area contributed by atoms with E-state index in [0.29, 0.717) is 14.5 Å². The molecule has 0 bridgehead atoms. The van der Waals surface area contributed by atoms with Crippen molar-refractivity contribution in [3.63, 3.8) is 0 Å². The van der Waals surface area contributed by atoms with Gasteiger partial charge in [-0.2, -0.15) is 0 Å². The fourth-order valence-electron chi connectivity index (χ4n) is 0.322. The Morgan fingerprint density at radius 1 is 1.50 bits per heavy atom. The van der Waals surface area contributed by atoms with E-state index in [2.05, 4.69) is 11.9 Å². The molecular weight excluding hydrogens is 165 g/mol. The molecule has 0 saturated carbocycles. The van der Waals surface area contributed by atoms with E-state index < -0.39 is 0 Å². The monoisotopic (exact) mass is 166 g/mol. The minimum absolute atomic E-state index is 0.349. The summed E-state index contributed by atoms with van der Waals surface area (Å²) in [5, 5.41) is 1.00. The lowest BCUT2D eigenvalue weighted by Crippen LogP contribution is -1.62. The normalized spacial score (nSPS) is 9.88. The summed E-state index contributed by atoms with van der Waals surface area (Å²) < 4.78 is 0.511. The van der Waals surface area contributed by atoms with E-state index in [-0.39, 0.29) is 0 Å². The summed E-state index contributed by atoms with van der Waals surface area (Å²) in [5.41, 5.74) is 0. The van der Waals surface area contributed by atoms with Crippen LogP contribution >= 0.6 is 34.5 Å². The van der Waals surface area contributed by atoms with E-state index >= 15 is 0 Å². The molecule has 4 heteroatoms. The molecule has 0 atom stereocenters. The minimum atomic E-state index is 0.349. The molecule has 0 unspecified atom stereocenters. The second kappa shape index (κ2) is 2.21. The third kappa shape index (κ3) is 1.13. The van der Waals surface area contributed by atoms with Gasteiger partial charge in [0.05, 0.1) is 5.01 Å². The average Bonchev–Trinajstić information content (AvgIpc) is 1.85. The first kappa shape index (κ1) is 6.33. The van der Waals surface area contributed by atoms with Crippen LogP contribution in [0.4, 0.5) is 0 Å². The Kier molecular flexibility index (Phi) is 1.75. The van der Waals surface area contributed by atoms with Crippen LogP contribution < -0.4 is 0 Å². The van der Waals surface area contributed by atoms with Crippen molar-refractivity contribution in [1.82, 2.24) is 4.98 Å². The fourth-order valence-corrected chi connectivity index (χ4v) is 1.37. The van der Waals surface area contributed by atoms with Gasteiger partial charge in [-0.05, 0) is 0 Å². The summed E-state index contributed by atoms with van der Waals surface area (Å²) >= 11 is 12.3. The minimum Gasteiger partial charge on any atom is -0.228 e. The van der Waals surface area contributed by atoms with Gasteiger partial charge in [0.2, 0.25) is 0 Å². The fraction of sp³-hybridized carbons (Fsp3) is 0. The van der Waals surface area contributed by atoms with Crippen LogP contribution in [0.25, 0.3) is 0 Å². The highest BCUT2D eigenvalue weighted by Gasteiger charge is 2.00. The molecule has 0 aromatic carbocycles. The summed E-state index contributed by atoms with van der Waals surface area (Å²) in [6, 6.07) is 0.